The van der Waals surface area contributed by atoms with Crippen LogP contribution in [-0.4, -0.2) is 23.9 Å². The Kier molecular flexibility index (Phi) is 5.38. The molecule has 2 aromatic carbocycles. The van der Waals surface area contributed by atoms with Crippen molar-refractivity contribution in [3.8, 4) is 5.75 Å². The molecule has 0 bridgehead atoms. The van der Waals surface area contributed by atoms with E-state index in [1.807, 2.05) is 31.2 Å². The molecule has 0 saturated carbocycles. The third kappa shape index (κ3) is 4.49. The molecule has 0 aliphatic rings. The van der Waals surface area contributed by atoms with Gasteiger partial charge in [0.05, 0.1) is 11.2 Å². The van der Waals surface area contributed by atoms with Crippen LogP contribution in [0, 0.1) is 6.92 Å². The highest BCUT2D eigenvalue weighted by Gasteiger charge is 2.07. The third-order valence-corrected chi connectivity index (χ3v) is 3.15. The minimum Gasteiger partial charge on any atom is -0.482 e. The van der Waals surface area contributed by atoms with E-state index in [1.165, 1.54) is 6.21 Å². The first-order valence-corrected chi connectivity index (χ1v) is 6.92. The number of ether oxygens (including phenoxy) is 1. The van der Waals surface area contributed by atoms with Gasteiger partial charge in [0, 0.05) is 5.69 Å². The molecule has 0 heterocycles. The number of nitrogens with zero attached hydrogens (tertiary/aromatic N) is 1. The van der Waals surface area contributed by atoms with Crippen LogP contribution in [0.1, 0.15) is 11.1 Å². The molecule has 5 nitrogen and oxygen atoms in total. The van der Waals surface area contributed by atoms with Gasteiger partial charge in [-0.1, -0.05) is 34.5 Å². The molecule has 2 N–H and O–H groups in total. The molecule has 2 rings (SSSR count). The third-order valence-electron chi connectivity index (χ3n) is 2.86. The fraction of sp³-hybridized carbons (Fsp3) is 0.125. The van der Waals surface area contributed by atoms with Gasteiger partial charge in [0.25, 0.3) is 5.91 Å². The number of carbonyl (C=O) groups excluding carboxylic acids is 1. The number of nitrogens with one attached hydrogen (secondary N) is 1. The van der Waals surface area contributed by atoms with Crippen LogP contribution in [0.25, 0.3) is 0 Å². The highest BCUT2D eigenvalue weighted by atomic mass is 35.5. The molecular weight excluding hydrogens is 304 g/mol. The van der Waals surface area contributed by atoms with Crippen molar-refractivity contribution >= 4 is 29.4 Å². The van der Waals surface area contributed by atoms with E-state index < -0.39 is 0 Å². The summed E-state index contributed by atoms with van der Waals surface area (Å²) in [5.41, 5.74) is 2.45. The van der Waals surface area contributed by atoms with E-state index in [1.54, 1.807) is 18.2 Å². The summed E-state index contributed by atoms with van der Waals surface area (Å²) in [5.74, 6) is 0.108. The predicted molar refractivity (Wildman–Crippen MR) is 86.1 cm³/mol. The Morgan fingerprint density at radius 1 is 1.32 bits per heavy atom. The monoisotopic (exact) mass is 318 g/mol. The number of benzene rings is 2. The number of anilines is 1. The van der Waals surface area contributed by atoms with Crippen LogP contribution in [0.4, 0.5) is 5.69 Å². The zero-order chi connectivity index (χ0) is 15.9. The first kappa shape index (κ1) is 15.9. The van der Waals surface area contributed by atoms with Gasteiger partial charge in [0.1, 0.15) is 5.75 Å². The van der Waals surface area contributed by atoms with Gasteiger partial charge in [-0.15, -0.1) is 0 Å². The number of aryl methyl sites for hydroxylation is 1. The molecule has 0 unspecified atom stereocenters. The largest absolute Gasteiger partial charge is 0.482 e. The van der Waals surface area contributed by atoms with Gasteiger partial charge in [0.2, 0.25) is 0 Å². The lowest BCUT2D eigenvalue weighted by molar-refractivity contribution is -0.118. The molecular formula is C16H15ClN2O3. The van der Waals surface area contributed by atoms with Crippen LogP contribution in [0.5, 0.6) is 5.75 Å². The quantitative estimate of drug-likeness (QED) is 0.504. The van der Waals surface area contributed by atoms with Gasteiger partial charge < -0.3 is 15.3 Å². The number of oxime groups is 1. The zero-order valence-electron chi connectivity index (χ0n) is 11.9. The maximum absolute atomic E-state index is 11.8. The maximum Gasteiger partial charge on any atom is 0.262 e. The van der Waals surface area contributed by atoms with Crippen molar-refractivity contribution < 1.29 is 14.7 Å². The molecule has 0 saturated heterocycles. The Bertz CT molecular complexity index is 684. The second-order valence-corrected chi connectivity index (χ2v) is 5.04. The fourth-order valence-corrected chi connectivity index (χ4v) is 2.00. The molecule has 0 spiro atoms. The van der Waals surface area contributed by atoms with Crippen molar-refractivity contribution in [1.82, 2.24) is 0 Å². The fourth-order valence-electron chi connectivity index (χ4n) is 1.76. The van der Waals surface area contributed by atoms with E-state index in [-0.39, 0.29) is 12.5 Å². The summed E-state index contributed by atoms with van der Waals surface area (Å²) in [4.78, 5) is 11.8. The lowest BCUT2D eigenvalue weighted by Crippen LogP contribution is -2.20. The van der Waals surface area contributed by atoms with Crippen molar-refractivity contribution in [3.05, 3.63) is 58.6 Å². The molecule has 2 aromatic rings. The predicted octanol–water partition coefficient (Wildman–Crippen LogP) is 3.47. The number of carbonyl (C=O) groups is 1. The van der Waals surface area contributed by atoms with Gasteiger partial charge in [-0.05, 0) is 42.8 Å². The van der Waals surface area contributed by atoms with Gasteiger partial charge in [-0.2, -0.15) is 0 Å². The van der Waals surface area contributed by atoms with Crippen LogP contribution < -0.4 is 10.1 Å². The molecule has 0 aromatic heterocycles. The van der Waals surface area contributed by atoms with Crippen molar-refractivity contribution in [2.45, 2.75) is 6.92 Å². The molecule has 0 atom stereocenters. The molecule has 0 fully saturated rings. The van der Waals surface area contributed by atoms with Crippen LogP contribution in [-0.2, 0) is 4.79 Å². The number of amides is 1. The average Bonchev–Trinajstić information content (AvgIpc) is 2.49. The van der Waals surface area contributed by atoms with Gasteiger partial charge in [-0.25, -0.2) is 0 Å². The minimum absolute atomic E-state index is 0.152. The van der Waals surface area contributed by atoms with E-state index in [2.05, 4.69) is 10.5 Å². The summed E-state index contributed by atoms with van der Waals surface area (Å²) in [6, 6.07) is 12.3. The maximum atomic E-state index is 11.8. The number of hydrogen-bond acceptors (Lipinski definition) is 4. The van der Waals surface area contributed by atoms with E-state index in [9.17, 15) is 4.79 Å². The lowest BCUT2D eigenvalue weighted by atomic mass is 10.2. The lowest BCUT2D eigenvalue weighted by Gasteiger charge is -2.09. The second kappa shape index (κ2) is 7.47. The topological polar surface area (TPSA) is 70.9 Å². The summed E-state index contributed by atoms with van der Waals surface area (Å²) in [5, 5.41) is 14.4. The number of halogens is 1. The summed E-state index contributed by atoms with van der Waals surface area (Å²) in [6.07, 6.45) is 1.25. The number of hydrogen-bond donors (Lipinski definition) is 2. The summed E-state index contributed by atoms with van der Waals surface area (Å²) < 4.78 is 5.38. The Morgan fingerprint density at radius 3 is 2.68 bits per heavy atom. The van der Waals surface area contributed by atoms with Gasteiger partial charge in [0.15, 0.2) is 6.61 Å². The van der Waals surface area contributed by atoms with Crippen molar-refractivity contribution in [2.24, 2.45) is 5.16 Å². The van der Waals surface area contributed by atoms with Crippen LogP contribution in [0.2, 0.25) is 5.02 Å². The molecule has 1 amide bonds. The Hall–Kier alpha value is -2.53. The Balaban J connectivity index is 1.92. The minimum atomic E-state index is -0.277. The SMILES string of the molecule is Cc1ccc(NC(=O)COc2ccc(/C=N\O)cc2Cl)cc1. The first-order chi connectivity index (χ1) is 10.6. The van der Waals surface area contributed by atoms with Gasteiger partial charge >= 0.3 is 0 Å². The van der Waals surface area contributed by atoms with Crippen LogP contribution in [0.3, 0.4) is 0 Å². The normalized spacial score (nSPS) is 10.6. The Labute approximate surface area is 133 Å². The molecule has 0 aliphatic heterocycles. The van der Waals surface area contributed by atoms with Crippen LogP contribution >= 0.6 is 11.6 Å². The second-order valence-electron chi connectivity index (χ2n) is 4.64. The molecule has 114 valence electrons. The first-order valence-electron chi connectivity index (χ1n) is 6.55. The van der Waals surface area contributed by atoms with E-state index in [4.69, 9.17) is 21.5 Å². The Morgan fingerprint density at radius 2 is 2.05 bits per heavy atom. The standard InChI is InChI=1S/C16H15ClN2O3/c1-11-2-5-13(6-3-11)19-16(20)10-22-15-7-4-12(9-18-21)8-14(15)17/h2-9,21H,10H2,1H3,(H,19,20)/b18-9-. The van der Waals surface area contributed by atoms with Crippen molar-refractivity contribution in [2.75, 3.05) is 11.9 Å². The van der Waals surface area contributed by atoms with Crippen molar-refractivity contribution in [1.29, 1.82) is 0 Å². The summed E-state index contributed by atoms with van der Waals surface area (Å²) in [7, 11) is 0. The smallest absolute Gasteiger partial charge is 0.262 e. The summed E-state index contributed by atoms with van der Waals surface area (Å²) in [6.45, 7) is 1.82. The zero-order valence-corrected chi connectivity index (χ0v) is 12.7. The summed E-state index contributed by atoms with van der Waals surface area (Å²) >= 11 is 6.03. The molecule has 0 radical (unpaired) electrons. The molecule has 0 aliphatic carbocycles. The van der Waals surface area contributed by atoms with E-state index in [0.29, 0.717) is 22.0 Å². The van der Waals surface area contributed by atoms with Crippen molar-refractivity contribution in [3.63, 3.8) is 0 Å². The number of rotatable bonds is 5. The van der Waals surface area contributed by atoms with Crippen LogP contribution in [0.15, 0.2) is 47.6 Å². The molecule has 6 heteroatoms. The van der Waals surface area contributed by atoms with E-state index in [0.717, 1.165) is 5.56 Å². The van der Waals surface area contributed by atoms with Gasteiger partial charge in [-0.3, -0.25) is 4.79 Å². The highest BCUT2D eigenvalue weighted by molar-refractivity contribution is 6.32. The average molecular weight is 319 g/mol. The molecule has 22 heavy (non-hydrogen) atoms. The van der Waals surface area contributed by atoms with E-state index >= 15 is 0 Å². The highest BCUT2D eigenvalue weighted by Crippen LogP contribution is 2.25.